The standard InChI is InChI=1S/C8H7N3OS/c12-3-6-4-13-8(11-6)7-1-2-9-5-10-7/h1-2,4-5,12H,3H2. The van der Waals surface area contributed by atoms with E-state index in [0.717, 1.165) is 10.7 Å². The molecule has 0 aliphatic carbocycles. The van der Waals surface area contributed by atoms with Crippen molar-refractivity contribution in [2.45, 2.75) is 6.61 Å². The van der Waals surface area contributed by atoms with E-state index < -0.39 is 0 Å². The second-order valence-corrected chi connectivity index (χ2v) is 3.25. The van der Waals surface area contributed by atoms with Crippen LogP contribution >= 0.6 is 11.3 Å². The highest BCUT2D eigenvalue weighted by atomic mass is 32.1. The van der Waals surface area contributed by atoms with Crippen molar-refractivity contribution in [3.05, 3.63) is 29.7 Å². The van der Waals surface area contributed by atoms with E-state index in [9.17, 15) is 0 Å². The zero-order valence-electron chi connectivity index (χ0n) is 6.71. The van der Waals surface area contributed by atoms with Gasteiger partial charge in [-0.3, -0.25) is 0 Å². The monoisotopic (exact) mass is 193 g/mol. The van der Waals surface area contributed by atoms with E-state index in [-0.39, 0.29) is 6.61 Å². The van der Waals surface area contributed by atoms with Crippen molar-refractivity contribution in [3.8, 4) is 10.7 Å². The van der Waals surface area contributed by atoms with Crippen LogP contribution in [0.4, 0.5) is 0 Å². The molecule has 0 aliphatic rings. The molecule has 0 unspecified atom stereocenters. The SMILES string of the molecule is OCc1csc(-c2ccncn2)n1. The molecule has 66 valence electrons. The lowest BCUT2D eigenvalue weighted by Gasteiger charge is -1.91. The Balaban J connectivity index is 2.36. The number of nitrogens with zero attached hydrogens (tertiary/aromatic N) is 3. The van der Waals surface area contributed by atoms with Crippen molar-refractivity contribution in [2.24, 2.45) is 0 Å². The average molecular weight is 193 g/mol. The second-order valence-electron chi connectivity index (χ2n) is 2.40. The van der Waals surface area contributed by atoms with Crippen LogP contribution in [0.25, 0.3) is 10.7 Å². The Labute approximate surface area is 78.9 Å². The van der Waals surface area contributed by atoms with E-state index >= 15 is 0 Å². The van der Waals surface area contributed by atoms with Gasteiger partial charge in [0.25, 0.3) is 0 Å². The van der Waals surface area contributed by atoms with Crippen LogP contribution < -0.4 is 0 Å². The largest absolute Gasteiger partial charge is 0.390 e. The quantitative estimate of drug-likeness (QED) is 0.775. The molecule has 0 aromatic carbocycles. The number of thiazole rings is 1. The molecular formula is C8H7N3OS. The van der Waals surface area contributed by atoms with Gasteiger partial charge in [0, 0.05) is 11.6 Å². The van der Waals surface area contributed by atoms with Gasteiger partial charge in [-0.1, -0.05) is 0 Å². The van der Waals surface area contributed by atoms with Crippen LogP contribution in [-0.2, 0) is 6.61 Å². The zero-order valence-corrected chi connectivity index (χ0v) is 7.53. The molecule has 4 nitrogen and oxygen atoms in total. The molecule has 0 radical (unpaired) electrons. The van der Waals surface area contributed by atoms with Gasteiger partial charge in [0.1, 0.15) is 17.0 Å². The van der Waals surface area contributed by atoms with Gasteiger partial charge in [0.05, 0.1) is 12.3 Å². The molecule has 0 saturated carbocycles. The van der Waals surface area contributed by atoms with E-state index in [1.165, 1.54) is 17.7 Å². The maximum absolute atomic E-state index is 8.81. The van der Waals surface area contributed by atoms with E-state index in [1.54, 1.807) is 12.3 Å². The van der Waals surface area contributed by atoms with Gasteiger partial charge in [-0.15, -0.1) is 11.3 Å². The molecule has 0 fully saturated rings. The number of hydrogen-bond donors (Lipinski definition) is 1. The Bertz CT molecular complexity index is 387. The zero-order chi connectivity index (χ0) is 9.10. The summed E-state index contributed by atoms with van der Waals surface area (Å²) in [5, 5.41) is 11.4. The fourth-order valence-corrected chi connectivity index (χ4v) is 1.70. The Morgan fingerprint density at radius 3 is 3.00 bits per heavy atom. The Morgan fingerprint density at radius 1 is 1.46 bits per heavy atom. The average Bonchev–Trinajstić information content (AvgIpc) is 2.67. The van der Waals surface area contributed by atoms with E-state index in [4.69, 9.17) is 5.11 Å². The predicted octanol–water partition coefficient (Wildman–Crippen LogP) is 1.09. The van der Waals surface area contributed by atoms with Crippen LogP contribution in [0.3, 0.4) is 0 Å². The molecule has 0 atom stereocenters. The minimum absolute atomic E-state index is 0.0262. The number of hydrogen-bond acceptors (Lipinski definition) is 5. The number of aliphatic hydroxyl groups excluding tert-OH is 1. The maximum atomic E-state index is 8.81. The fraction of sp³-hybridized carbons (Fsp3) is 0.125. The summed E-state index contributed by atoms with van der Waals surface area (Å²) in [6.45, 7) is -0.0262. The third-order valence-electron chi connectivity index (χ3n) is 1.51. The topological polar surface area (TPSA) is 58.9 Å². The molecule has 2 heterocycles. The first-order chi connectivity index (χ1) is 6.40. The molecule has 1 N–H and O–H groups in total. The van der Waals surface area contributed by atoms with Crippen molar-refractivity contribution in [1.29, 1.82) is 0 Å². The van der Waals surface area contributed by atoms with Gasteiger partial charge in [-0.25, -0.2) is 15.0 Å². The Hall–Kier alpha value is -1.33. The van der Waals surface area contributed by atoms with Crippen LogP contribution in [0, 0.1) is 0 Å². The molecule has 2 rings (SSSR count). The highest BCUT2D eigenvalue weighted by Gasteiger charge is 2.03. The number of aromatic nitrogens is 3. The molecule has 0 bridgehead atoms. The number of rotatable bonds is 2. The molecular weight excluding hydrogens is 186 g/mol. The van der Waals surface area contributed by atoms with E-state index in [0.29, 0.717) is 5.69 Å². The molecule has 2 aromatic heterocycles. The summed E-state index contributed by atoms with van der Waals surface area (Å²) in [5.74, 6) is 0. The summed E-state index contributed by atoms with van der Waals surface area (Å²) in [4.78, 5) is 12.0. The van der Waals surface area contributed by atoms with Crippen molar-refractivity contribution < 1.29 is 5.11 Å². The normalized spacial score (nSPS) is 10.2. The van der Waals surface area contributed by atoms with Gasteiger partial charge in [-0.05, 0) is 6.07 Å². The van der Waals surface area contributed by atoms with Crippen LogP contribution in [0.15, 0.2) is 24.0 Å². The maximum Gasteiger partial charge on any atom is 0.142 e. The van der Waals surface area contributed by atoms with Gasteiger partial charge >= 0.3 is 0 Å². The number of aliphatic hydroxyl groups is 1. The molecule has 5 heteroatoms. The lowest BCUT2D eigenvalue weighted by atomic mass is 10.4. The summed E-state index contributed by atoms with van der Waals surface area (Å²) < 4.78 is 0. The van der Waals surface area contributed by atoms with Gasteiger partial charge in [0.2, 0.25) is 0 Å². The van der Waals surface area contributed by atoms with Crippen molar-refractivity contribution in [3.63, 3.8) is 0 Å². The third-order valence-corrected chi connectivity index (χ3v) is 2.43. The highest BCUT2D eigenvalue weighted by molar-refractivity contribution is 7.13. The summed E-state index contributed by atoms with van der Waals surface area (Å²) in [5.41, 5.74) is 1.47. The van der Waals surface area contributed by atoms with Crippen LogP contribution in [0.5, 0.6) is 0 Å². The summed E-state index contributed by atoms with van der Waals surface area (Å²) in [6.07, 6.45) is 3.15. The predicted molar refractivity (Wildman–Crippen MR) is 49.1 cm³/mol. The Morgan fingerprint density at radius 2 is 2.38 bits per heavy atom. The van der Waals surface area contributed by atoms with Crippen molar-refractivity contribution in [2.75, 3.05) is 0 Å². The molecule has 0 spiro atoms. The summed E-state index contributed by atoms with van der Waals surface area (Å²) in [7, 11) is 0. The minimum Gasteiger partial charge on any atom is -0.390 e. The van der Waals surface area contributed by atoms with Crippen LogP contribution in [0.1, 0.15) is 5.69 Å². The van der Waals surface area contributed by atoms with Crippen LogP contribution in [0.2, 0.25) is 0 Å². The van der Waals surface area contributed by atoms with Crippen molar-refractivity contribution >= 4 is 11.3 Å². The molecule has 0 amide bonds. The van der Waals surface area contributed by atoms with Gasteiger partial charge < -0.3 is 5.11 Å². The molecule has 13 heavy (non-hydrogen) atoms. The Kier molecular flexibility index (Phi) is 2.29. The van der Waals surface area contributed by atoms with E-state index in [2.05, 4.69) is 15.0 Å². The highest BCUT2D eigenvalue weighted by Crippen LogP contribution is 2.20. The van der Waals surface area contributed by atoms with Gasteiger partial charge in [0.15, 0.2) is 0 Å². The first-order valence-electron chi connectivity index (χ1n) is 3.72. The first kappa shape index (κ1) is 8.28. The lowest BCUT2D eigenvalue weighted by Crippen LogP contribution is -1.85. The van der Waals surface area contributed by atoms with E-state index in [1.807, 2.05) is 5.38 Å². The minimum atomic E-state index is -0.0262. The summed E-state index contributed by atoms with van der Waals surface area (Å²) >= 11 is 1.47. The lowest BCUT2D eigenvalue weighted by molar-refractivity contribution is 0.278. The molecule has 0 aliphatic heterocycles. The molecule has 2 aromatic rings. The van der Waals surface area contributed by atoms with Crippen LogP contribution in [-0.4, -0.2) is 20.1 Å². The molecule has 0 saturated heterocycles. The third kappa shape index (κ3) is 1.71. The first-order valence-corrected chi connectivity index (χ1v) is 4.60. The summed E-state index contributed by atoms with van der Waals surface area (Å²) in [6, 6.07) is 1.79. The van der Waals surface area contributed by atoms with Gasteiger partial charge in [-0.2, -0.15) is 0 Å². The smallest absolute Gasteiger partial charge is 0.142 e. The fourth-order valence-electron chi connectivity index (χ4n) is 0.914. The van der Waals surface area contributed by atoms with Crippen molar-refractivity contribution in [1.82, 2.24) is 15.0 Å². The second kappa shape index (κ2) is 3.59.